The van der Waals surface area contributed by atoms with Crippen molar-refractivity contribution in [3.8, 4) is 0 Å². The molecule has 0 radical (unpaired) electrons. The lowest BCUT2D eigenvalue weighted by Crippen LogP contribution is -2.42. The molecule has 0 saturated carbocycles. The molecule has 0 fully saturated rings. The summed E-state index contributed by atoms with van der Waals surface area (Å²) in [6, 6.07) is -0.396. The van der Waals surface area contributed by atoms with Gasteiger partial charge in [-0.3, -0.25) is 0 Å². The zero-order chi connectivity index (χ0) is 9.07. The minimum Gasteiger partial charge on any atom is -0.395 e. The van der Waals surface area contributed by atoms with Crippen molar-refractivity contribution in [3.05, 3.63) is 0 Å². The van der Waals surface area contributed by atoms with E-state index >= 15 is 0 Å². The number of nitrogens with zero attached hydrogens (tertiary/aromatic N) is 1. The summed E-state index contributed by atoms with van der Waals surface area (Å²) in [6.07, 6.45) is 0. The Bertz CT molecular complexity index is 202. The molecule has 0 aliphatic carbocycles. The van der Waals surface area contributed by atoms with Crippen molar-refractivity contribution in [2.75, 3.05) is 20.7 Å². The second-order valence-electron chi connectivity index (χ2n) is 2.26. The van der Waals surface area contributed by atoms with Gasteiger partial charge in [0.25, 0.3) is 10.2 Å². The first-order valence-electron chi connectivity index (χ1n) is 3.23. The summed E-state index contributed by atoms with van der Waals surface area (Å²) >= 11 is 0. The van der Waals surface area contributed by atoms with E-state index in [1.54, 1.807) is 6.92 Å². The van der Waals surface area contributed by atoms with Crippen LogP contribution < -0.4 is 4.72 Å². The van der Waals surface area contributed by atoms with E-state index in [9.17, 15) is 8.42 Å². The van der Waals surface area contributed by atoms with Gasteiger partial charge in [0.15, 0.2) is 0 Å². The van der Waals surface area contributed by atoms with Crippen LogP contribution in [-0.4, -0.2) is 44.6 Å². The Morgan fingerprint density at radius 3 is 2.36 bits per heavy atom. The van der Waals surface area contributed by atoms with Crippen LogP contribution in [0.25, 0.3) is 0 Å². The Kier molecular flexibility index (Phi) is 3.95. The average Bonchev–Trinajstić information content (AvgIpc) is 2.01. The quantitative estimate of drug-likeness (QED) is 0.571. The Balaban J connectivity index is 4.36. The van der Waals surface area contributed by atoms with Crippen molar-refractivity contribution < 1.29 is 13.5 Å². The van der Waals surface area contributed by atoms with Crippen molar-refractivity contribution >= 4 is 10.2 Å². The van der Waals surface area contributed by atoms with Crippen LogP contribution in [0.1, 0.15) is 6.92 Å². The molecule has 2 N–H and O–H groups in total. The first-order valence-corrected chi connectivity index (χ1v) is 4.67. The van der Waals surface area contributed by atoms with E-state index in [-0.39, 0.29) is 6.61 Å². The third-order valence-electron chi connectivity index (χ3n) is 1.52. The summed E-state index contributed by atoms with van der Waals surface area (Å²) in [4.78, 5) is 0. The topological polar surface area (TPSA) is 69.6 Å². The third kappa shape index (κ3) is 2.74. The maximum atomic E-state index is 11.0. The van der Waals surface area contributed by atoms with Gasteiger partial charge in [0, 0.05) is 20.1 Å². The van der Waals surface area contributed by atoms with E-state index in [2.05, 4.69) is 4.72 Å². The van der Waals surface area contributed by atoms with E-state index in [1.165, 1.54) is 14.1 Å². The van der Waals surface area contributed by atoms with Crippen LogP contribution in [-0.2, 0) is 10.2 Å². The third-order valence-corrected chi connectivity index (χ3v) is 3.16. The van der Waals surface area contributed by atoms with E-state index in [0.29, 0.717) is 0 Å². The molecule has 0 aliphatic rings. The normalized spacial score (nSPS) is 15.4. The highest BCUT2D eigenvalue weighted by Crippen LogP contribution is 1.99. The summed E-state index contributed by atoms with van der Waals surface area (Å²) in [7, 11) is -0.647. The molecule has 0 unspecified atom stereocenters. The van der Waals surface area contributed by atoms with Gasteiger partial charge in [-0.15, -0.1) is 0 Å². The van der Waals surface area contributed by atoms with Gasteiger partial charge in [-0.2, -0.15) is 12.7 Å². The molecular formula is C5H14N2O3S. The van der Waals surface area contributed by atoms with Crippen molar-refractivity contribution in [1.29, 1.82) is 0 Å². The fourth-order valence-electron chi connectivity index (χ4n) is 0.496. The van der Waals surface area contributed by atoms with Crippen LogP contribution in [0.5, 0.6) is 0 Å². The number of rotatable bonds is 4. The number of aliphatic hydroxyl groups excluding tert-OH is 1. The number of hydrogen-bond donors (Lipinski definition) is 2. The molecule has 5 nitrogen and oxygen atoms in total. The summed E-state index contributed by atoms with van der Waals surface area (Å²) in [6.45, 7) is 1.44. The van der Waals surface area contributed by atoms with Crippen molar-refractivity contribution in [2.45, 2.75) is 13.0 Å². The Hall–Kier alpha value is -0.170. The zero-order valence-corrected chi connectivity index (χ0v) is 7.72. The minimum absolute atomic E-state index is 0.183. The molecular weight excluding hydrogens is 168 g/mol. The van der Waals surface area contributed by atoms with Gasteiger partial charge in [-0.25, -0.2) is 4.72 Å². The first kappa shape index (κ1) is 10.8. The Morgan fingerprint density at radius 2 is 2.09 bits per heavy atom. The summed E-state index contributed by atoms with van der Waals surface area (Å²) < 4.78 is 25.2. The molecule has 0 aliphatic heterocycles. The van der Waals surface area contributed by atoms with Gasteiger partial charge in [-0.1, -0.05) is 0 Å². The average molecular weight is 182 g/mol. The molecule has 6 heteroatoms. The van der Waals surface area contributed by atoms with E-state index in [1.807, 2.05) is 0 Å². The maximum Gasteiger partial charge on any atom is 0.279 e. The van der Waals surface area contributed by atoms with E-state index in [0.717, 1.165) is 4.31 Å². The molecule has 1 atom stereocenters. The Labute approximate surface area is 67.2 Å². The van der Waals surface area contributed by atoms with Crippen molar-refractivity contribution in [1.82, 2.24) is 9.03 Å². The molecule has 11 heavy (non-hydrogen) atoms. The number of likely N-dealkylation sites (N-methyl/N-ethyl adjacent to an activating group) is 1. The van der Waals surface area contributed by atoms with Gasteiger partial charge >= 0.3 is 0 Å². The van der Waals surface area contributed by atoms with E-state index in [4.69, 9.17) is 5.11 Å². The smallest absolute Gasteiger partial charge is 0.279 e. The highest BCUT2D eigenvalue weighted by molar-refractivity contribution is 7.87. The SMILES string of the molecule is CNS(=O)(=O)N(C)[C@H](C)CO. The summed E-state index contributed by atoms with van der Waals surface area (Å²) in [5.41, 5.74) is 0. The summed E-state index contributed by atoms with van der Waals surface area (Å²) in [5, 5.41) is 8.63. The highest BCUT2D eigenvalue weighted by Gasteiger charge is 2.19. The highest BCUT2D eigenvalue weighted by atomic mass is 32.2. The van der Waals surface area contributed by atoms with Crippen LogP contribution in [0.4, 0.5) is 0 Å². The molecule has 0 spiro atoms. The largest absolute Gasteiger partial charge is 0.395 e. The maximum absolute atomic E-state index is 11.0. The number of nitrogens with one attached hydrogen (secondary N) is 1. The van der Waals surface area contributed by atoms with Gasteiger partial charge < -0.3 is 5.11 Å². The second kappa shape index (κ2) is 4.01. The lowest BCUT2D eigenvalue weighted by molar-refractivity contribution is 0.213. The summed E-state index contributed by atoms with van der Waals surface area (Å²) in [5.74, 6) is 0. The van der Waals surface area contributed by atoms with Crippen LogP contribution in [0.3, 0.4) is 0 Å². The molecule has 0 amide bonds. The molecule has 68 valence electrons. The molecule has 0 rings (SSSR count). The van der Waals surface area contributed by atoms with Crippen LogP contribution in [0.15, 0.2) is 0 Å². The van der Waals surface area contributed by atoms with E-state index < -0.39 is 16.3 Å². The molecule has 0 bridgehead atoms. The standard InChI is InChI=1S/C5H14N2O3S/c1-5(4-8)7(3)11(9,10)6-2/h5-6,8H,4H2,1-3H3/t5-/m1/s1. The van der Waals surface area contributed by atoms with Crippen LogP contribution >= 0.6 is 0 Å². The minimum atomic E-state index is -3.39. The number of aliphatic hydroxyl groups is 1. The van der Waals surface area contributed by atoms with Gasteiger partial charge in [0.2, 0.25) is 0 Å². The fourth-order valence-corrected chi connectivity index (χ4v) is 1.32. The monoisotopic (exact) mass is 182 g/mol. The Morgan fingerprint density at radius 1 is 1.64 bits per heavy atom. The van der Waals surface area contributed by atoms with Gasteiger partial charge in [0.05, 0.1) is 6.61 Å². The molecule has 0 aromatic carbocycles. The lowest BCUT2D eigenvalue weighted by atomic mass is 10.4. The molecule has 0 heterocycles. The van der Waals surface area contributed by atoms with Gasteiger partial charge in [0.1, 0.15) is 0 Å². The predicted molar refractivity (Wildman–Crippen MR) is 42.3 cm³/mol. The first-order chi connectivity index (χ1) is 4.95. The van der Waals surface area contributed by atoms with Crippen LogP contribution in [0, 0.1) is 0 Å². The van der Waals surface area contributed by atoms with Crippen molar-refractivity contribution in [3.63, 3.8) is 0 Å². The van der Waals surface area contributed by atoms with Crippen molar-refractivity contribution in [2.24, 2.45) is 0 Å². The fraction of sp³-hybridized carbons (Fsp3) is 1.00. The molecule has 0 saturated heterocycles. The molecule has 0 aromatic rings. The van der Waals surface area contributed by atoms with Gasteiger partial charge in [-0.05, 0) is 6.92 Å². The predicted octanol–water partition coefficient (Wildman–Crippen LogP) is -1.24. The lowest BCUT2D eigenvalue weighted by Gasteiger charge is -2.21. The number of hydrogen-bond acceptors (Lipinski definition) is 3. The van der Waals surface area contributed by atoms with Crippen LogP contribution in [0.2, 0.25) is 0 Å². The second-order valence-corrected chi connectivity index (χ2v) is 4.19. The zero-order valence-electron chi connectivity index (χ0n) is 6.90. The molecule has 0 aromatic heterocycles.